The van der Waals surface area contributed by atoms with Crippen molar-refractivity contribution in [1.82, 2.24) is 0 Å². The van der Waals surface area contributed by atoms with Crippen molar-refractivity contribution in [1.29, 1.82) is 0 Å². The minimum atomic E-state index is -2.23. The van der Waals surface area contributed by atoms with Gasteiger partial charge in [0.25, 0.3) is 0 Å². The number of esters is 2. The standard InChI is InChI=1S/C24H26O8/c1-13(2)15-5-9-17(10-6-15)23(29)31-19(21(25)26)20(22(27)28)32-24(30)18-11-7-16(8-12-18)14(3)4/h5-14,19-20H,1-4H3,(H,25,26)(H,27,28)/t19-,20-/m0/s1. The average Bonchev–Trinajstić information content (AvgIpc) is 2.75. The Hall–Kier alpha value is -3.68. The first-order valence-corrected chi connectivity index (χ1v) is 10.1. The molecule has 0 aliphatic carbocycles. The lowest BCUT2D eigenvalue weighted by Crippen LogP contribution is -2.45. The van der Waals surface area contributed by atoms with Crippen molar-refractivity contribution in [3.63, 3.8) is 0 Å². The molecule has 2 rings (SSSR count). The summed E-state index contributed by atoms with van der Waals surface area (Å²) in [5.41, 5.74) is 2.00. The van der Waals surface area contributed by atoms with Gasteiger partial charge in [-0.3, -0.25) is 0 Å². The first-order valence-electron chi connectivity index (χ1n) is 10.1. The van der Waals surface area contributed by atoms with Crippen molar-refractivity contribution < 1.29 is 38.9 Å². The van der Waals surface area contributed by atoms with Crippen LogP contribution in [-0.4, -0.2) is 46.3 Å². The van der Waals surface area contributed by atoms with Crippen LogP contribution < -0.4 is 0 Å². The van der Waals surface area contributed by atoms with Crippen LogP contribution >= 0.6 is 0 Å². The van der Waals surface area contributed by atoms with E-state index in [0.717, 1.165) is 11.1 Å². The normalized spacial score (nSPS) is 12.8. The zero-order valence-corrected chi connectivity index (χ0v) is 18.3. The van der Waals surface area contributed by atoms with E-state index in [1.807, 2.05) is 27.7 Å². The quantitative estimate of drug-likeness (QED) is 0.561. The summed E-state index contributed by atoms with van der Waals surface area (Å²) in [6.07, 6.45) is -4.47. The zero-order valence-electron chi connectivity index (χ0n) is 18.3. The lowest BCUT2D eigenvalue weighted by atomic mass is 10.0. The number of aliphatic carboxylic acids is 2. The Morgan fingerprint density at radius 3 is 1.09 bits per heavy atom. The van der Waals surface area contributed by atoms with Gasteiger partial charge in [0.15, 0.2) is 0 Å². The van der Waals surface area contributed by atoms with Crippen LogP contribution in [0.25, 0.3) is 0 Å². The first-order chi connectivity index (χ1) is 15.0. The molecule has 0 spiro atoms. The number of rotatable bonds is 9. The Morgan fingerprint density at radius 1 is 0.594 bits per heavy atom. The summed E-state index contributed by atoms with van der Waals surface area (Å²) in [6, 6.07) is 12.6. The summed E-state index contributed by atoms with van der Waals surface area (Å²) in [7, 11) is 0. The highest BCUT2D eigenvalue weighted by molar-refractivity contribution is 5.95. The molecule has 0 saturated heterocycles. The highest BCUT2D eigenvalue weighted by atomic mass is 16.6. The molecule has 2 aromatic carbocycles. The number of ether oxygens (including phenoxy) is 2. The summed E-state index contributed by atoms with van der Waals surface area (Å²) in [6.45, 7) is 7.87. The number of hydrogen-bond donors (Lipinski definition) is 2. The molecule has 2 atom stereocenters. The molecule has 0 amide bonds. The number of carbonyl (C=O) groups excluding carboxylic acids is 2. The van der Waals surface area contributed by atoms with Gasteiger partial charge in [-0.15, -0.1) is 0 Å². The lowest BCUT2D eigenvalue weighted by Gasteiger charge is -2.21. The second-order valence-corrected chi connectivity index (χ2v) is 7.88. The van der Waals surface area contributed by atoms with Gasteiger partial charge in [0, 0.05) is 0 Å². The van der Waals surface area contributed by atoms with Crippen LogP contribution in [0.2, 0.25) is 0 Å². The number of hydrogen-bond acceptors (Lipinski definition) is 6. The van der Waals surface area contributed by atoms with Gasteiger partial charge < -0.3 is 19.7 Å². The predicted octanol–water partition coefficient (Wildman–Crippen LogP) is 3.85. The Labute approximate surface area is 185 Å². The SMILES string of the molecule is CC(C)c1ccc(C(=O)O[C@H](C(=O)O)[C@H](OC(=O)c2ccc(C(C)C)cc2)C(=O)O)cc1. The number of carboxylic acids is 2. The van der Waals surface area contributed by atoms with Crippen molar-refractivity contribution in [3.05, 3.63) is 70.8 Å². The third kappa shape index (κ3) is 6.16. The van der Waals surface area contributed by atoms with Gasteiger partial charge in [-0.05, 0) is 47.2 Å². The second kappa shape index (κ2) is 10.6. The molecule has 2 aromatic rings. The molecule has 0 unspecified atom stereocenters. The molecule has 0 heterocycles. The fourth-order valence-electron chi connectivity index (χ4n) is 2.86. The highest BCUT2D eigenvalue weighted by Gasteiger charge is 2.41. The Morgan fingerprint density at radius 2 is 0.875 bits per heavy atom. The van der Waals surface area contributed by atoms with Crippen LogP contribution in [0.1, 0.15) is 71.4 Å². The smallest absolute Gasteiger partial charge is 0.349 e. The topological polar surface area (TPSA) is 127 Å². The molecule has 0 aromatic heterocycles. The maximum Gasteiger partial charge on any atom is 0.349 e. The minimum Gasteiger partial charge on any atom is -0.478 e. The van der Waals surface area contributed by atoms with E-state index in [-0.39, 0.29) is 23.0 Å². The summed E-state index contributed by atoms with van der Waals surface area (Å²) < 4.78 is 9.83. The number of carbonyl (C=O) groups is 4. The fraction of sp³-hybridized carbons (Fsp3) is 0.333. The molecule has 32 heavy (non-hydrogen) atoms. The molecule has 0 bridgehead atoms. The molecule has 2 N–H and O–H groups in total. The maximum atomic E-state index is 12.4. The van der Waals surface area contributed by atoms with E-state index in [2.05, 4.69) is 0 Å². The molecular weight excluding hydrogens is 416 g/mol. The lowest BCUT2D eigenvalue weighted by molar-refractivity contribution is -0.166. The highest BCUT2D eigenvalue weighted by Crippen LogP contribution is 2.18. The van der Waals surface area contributed by atoms with Gasteiger partial charge in [0.05, 0.1) is 11.1 Å². The van der Waals surface area contributed by atoms with E-state index in [0.29, 0.717) is 0 Å². The Balaban J connectivity index is 2.20. The number of carboxylic acid groups (broad SMARTS) is 2. The largest absolute Gasteiger partial charge is 0.478 e. The van der Waals surface area contributed by atoms with Crippen LogP contribution in [0.15, 0.2) is 48.5 Å². The van der Waals surface area contributed by atoms with E-state index < -0.39 is 36.1 Å². The van der Waals surface area contributed by atoms with Crippen LogP contribution in [0.3, 0.4) is 0 Å². The van der Waals surface area contributed by atoms with E-state index in [1.165, 1.54) is 24.3 Å². The molecule has 0 radical (unpaired) electrons. The molecule has 170 valence electrons. The molecule has 0 aliphatic heterocycles. The van der Waals surface area contributed by atoms with E-state index in [9.17, 15) is 29.4 Å². The molecule has 0 saturated carbocycles. The van der Waals surface area contributed by atoms with Gasteiger partial charge in [0.2, 0.25) is 12.2 Å². The maximum absolute atomic E-state index is 12.4. The second-order valence-electron chi connectivity index (χ2n) is 7.88. The minimum absolute atomic E-state index is 0.0420. The molecule has 8 nitrogen and oxygen atoms in total. The molecule has 0 fully saturated rings. The molecule has 0 aliphatic rings. The Bertz CT molecular complexity index is 893. The molecule has 8 heteroatoms. The van der Waals surface area contributed by atoms with Crippen molar-refractivity contribution in [2.75, 3.05) is 0 Å². The molecular formula is C24H26O8. The predicted molar refractivity (Wildman–Crippen MR) is 115 cm³/mol. The summed E-state index contributed by atoms with van der Waals surface area (Å²) >= 11 is 0. The van der Waals surface area contributed by atoms with Crippen molar-refractivity contribution in [2.45, 2.75) is 51.7 Å². The Kier molecular flexibility index (Phi) is 8.12. The van der Waals surface area contributed by atoms with Gasteiger partial charge >= 0.3 is 23.9 Å². The van der Waals surface area contributed by atoms with Crippen LogP contribution in [0.4, 0.5) is 0 Å². The van der Waals surface area contributed by atoms with Crippen LogP contribution in [0, 0.1) is 0 Å². The van der Waals surface area contributed by atoms with E-state index in [4.69, 9.17) is 9.47 Å². The summed E-state index contributed by atoms with van der Waals surface area (Å²) in [4.78, 5) is 48.1. The first kappa shape index (κ1) is 24.6. The van der Waals surface area contributed by atoms with Gasteiger partial charge in [0.1, 0.15) is 0 Å². The average molecular weight is 442 g/mol. The van der Waals surface area contributed by atoms with Crippen LogP contribution in [0.5, 0.6) is 0 Å². The third-order valence-corrected chi connectivity index (χ3v) is 4.86. The third-order valence-electron chi connectivity index (χ3n) is 4.86. The van der Waals surface area contributed by atoms with Gasteiger partial charge in [-0.2, -0.15) is 0 Å². The fourth-order valence-corrected chi connectivity index (χ4v) is 2.86. The van der Waals surface area contributed by atoms with Gasteiger partial charge in [-0.1, -0.05) is 52.0 Å². The number of benzene rings is 2. The van der Waals surface area contributed by atoms with E-state index >= 15 is 0 Å². The zero-order chi connectivity index (χ0) is 24.0. The monoisotopic (exact) mass is 442 g/mol. The van der Waals surface area contributed by atoms with Crippen molar-refractivity contribution in [3.8, 4) is 0 Å². The van der Waals surface area contributed by atoms with Crippen LogP contribution in [-0.2, 0) is 19.1 Å². The van der Waals surface area contributed by atoms with Crippen molar-refractivity contribution >= 4 is 23.9 Å². The summed E-state index contributed by atoms with van der Waals surface area (Å²) in [5, 5.41) is 18.9. The van der Waals surface area contributed by atoms with Crippen molar-refractivity contribution in [2.24, 2.45) is 0 Å². The van der Waals surface area contributed by atoms with Gasteiger partial charge in [-0.25, -0.2) is 19.2 Å². The van der Waals surface area contributed by atoms with E-state index in [1.54, 1.807) is 24.3 Å². The summed E-state index contributed by atoms with van der Waals surface area (Å²) in [5.74, 6) is -5.16.